The quantitative estimate of drug-likeness (QED) is 0.586. The molecule has 0 aromatic heterocycles. The zero-order valence-electron chi connectivity index (χ0n) is 14.5. The van der Waals surface area contributed by atoms with Crippen molar-refractivity contribution in [1.82, 2.24) is 0 Å². The number of terminal acetylenes is 2. The highest BCUT2D eigenvalue weighted by molar-refractivity contribution is 5.67. The largest absolute Gasteiger partial charge is 0.481 e. The first-order chi connectivity index (χ1) is 12.6. The third-order valence-corrected chi connectivity index (χ3v) is 3.86. The molecule has 0 saturated carbocycles. The van der Waals surface area contributed by atoms with Gasteiger partial charge in [0.15, 0.2) is 0 Å². The SMILES string of the molecule is C#Cc1cccc(/C=C/C(=C/Cc2cccc(C#C)c2)CCC(=O)O)c1. The van der Waals surface area contributed by atoms with Crippen LogP contribution in [0.4, 0.5) is 0 Å². The average molecular weight is 340 g/mol. The van der Waals surface area contributed by atoms with E-state index in [0.717, 1.165) is 27.8 Å². The van der Waals surface area contributed by atoms with Crippen LogP contribution in [0, 0.1) is 24.7 Å². The lowest BCUT2D eigenvalue weighted by Gasteiger charge is -2.03. The Kier molecular flexibility index (Phi) is 7.04. The molecule has 0 spiro atoms. The standard InChI is InChI=1S/C24H20O2/c1-3-19-7-5-9-22(17-19)13-11-21(15-16-24(25)26)12-14-23-10-6-8-20(4-2)18-23/h1-2,5-13,17-18H,14-16H2,(H,25,26)/b13-11+,21-12-. The van der Waals surface area contributed by atoms with Crippen LogP contribution in [0.1, 0.15) is 35.1 Å². The highest BCUT2D eigenvalue weighted by Gasteiger charge is 2.01. The van der Waals surface area contributed by atoms with E-state index in [-0.39, 0.29) is 6.42 Å². The predicted molar refractivity (Wildman–Crippen MR) is 106 cm³/mol. The van der Waals surface area contributed by atoms with Crippen LogP contribution in [0.2, 0.25) is 0 Å². The summed E-state index contributed by atoms with van der Waals surface area (Å²) in [5.41, 5.74) is 4.69. The van der Waals surface area contributed by atoms with Crippen molar-refractivity contribution in [2.45, 2.75) is 19.3 Å². The van der Waals surface area contributed by atoms with Crippen molar-refractivity contribution < 1.29 is 9.90 Å². The normalized spacial score (nSPS) is 11.1. The van der Waals surface area contributed by atoms with Gasteiger partial charge >= 0.3 is 5.97 Å². The summed E-state index contributed by atoms with van der Waals surface area (Å²) < 4.78 is 0. The molecular formula is C24H20O2. The van der Waals surface area contributed by atoms with Crippen molar-refractivity contribution in [3.63, 3.8) is 0 Å². The second-order valence-corrected chi connectivity index (χ2v) is 5.82. The first-order valence-electron chi connectivity index (χ1n) is 8.32. The molecule has 0 heterocycles. The molecule has 0 bridgehead atoms. The number of allylic oxidation sites excluding steroid dienone is 3. The molecule has 0 amide bonds. The first-order valence-corrected chi connectivity index (χ1v) is 8.32. The van der Waals surface area contributed by atoms with Gasteiger partial charge in [-0.2, -0.15) is 0 Å². The molecule has 0 unspecified atom stereocenters. The van der Waals surface area contributed by atoms with Gasteiger partial charge in [-0.25, -0.2) is 0 Å². The molecule has 0 aliphatic rings. The van der Waals surface area contributed by atoms with Crippen molar-refractivity contribution in [3.05, 3.63) is 88.5 Å². The second-order valence-electron chi connectivity index (χ2n) is 5.82. The van der Waals surface area contributed by atoms with Crippen LogP contribution in [0.3, 0.4) is 0 Å². The Labute approximate surface area is 154 Å². The minimum atomic E-state index is -0.812. The molecule has 0 atom stereocenters. The van der Waals surface area contributed by atoms with Crippen LogP contribution >= 0.6 is 0 Å². The van der Waals surface area contributed by atoms with Gasteiger partial charge in [0.1, 0.15) is 0 Å². The Morgan fingerprint density at radius 1 is 1.00 bits per heavy atom. The van der Waals surface area contributed by atoms with Gasteiger partial charge in [-0.1, -0.05) is 59.9 Å². The summed E-state index contributed by atoms with van der Waals surface area (Å²) in [7, 11) is 0. The fraction of sp³-hybridized carbons (Fsp3) is 0.125. The van der Waals surface area contributed by atoms with Crippen LogP contribution < -0.4 is 0 Å². The Morgan fingerprint density at radius 2 is 1.69 bits per heavy atom. The summed E-state index contributed by atoms with van der Waals surface area (Å²) in [4.78, 5) is 10.9. The molecule has 2 heteroatoms. The number of hydrogen-bond donors (Lipinski definition) is 1. The van der Waals surface area contributed by atoms with Crippen molar-refractivity contribution in [2.24, 2.45) is 0 Å². The lowest BCUT2D eigenvalue weighted by Crippen LogP contribution is -1.95. The van der Waals surface area contributed by atoms with Gasteiger partial charge in [0.05, 0.1) is 0 Å². The molecule has 2 nitrogen and oxygen atoms in total. The number of carboxylic acid groups (broad SMARTS) is 1. The van der Waals surface area contributed by atoms with E-state index in [1.807, 2.05) is 66.8 Å². The summed E-state index contributed by atoms with van der Waals surface area (Å²) in [6, 6.07) is 15.4. The maximum absolute atomic E-state index is 10.9. The predicted octanol–water partition coefficient (Wildman–Crippen LogP) is 4.70. The lowest BCUT2D eigenvalue weighted by molar-refractivity contribution is -0.136. The second kappa shape index (κ2) is 9.72. The zero-order valence-corrected chi connectivity index (χ0v) is 14.5. The van der Waals surface area contributed by atoms with E-state index in [2.05, 4.69) is 11.8 Å². The molecule has 0 aliphatic carbocycles. The summed E-state index contributed by atoms with van der Waals surface area (Å²) in [5, 5.41) is 8.97. The number of aliphatic carboxylic acids is 1. The van der Waals surface area contributed by atoms with Crippen LogP contribution in [-0.2, 0) is 11.2 Å². The van der Waals surface area contributed by atoms with Crippen molar-refractivity contribution in [2.75, 3.05) is 0 Å². The van der Waals surface area contributed by atoms with Gasteiger partial charge in [0, 0.05) is 17.5 Å². The van der Waals surface area contributed by atoms with E-state index < -0.39 is 5.97 Å². The fourth-order valence-electron chi connectivity index (χ4n) is 2.48. The molecular weight excluding hydrogens is 320 g/mol. The minimum absolute atomic E-state index is 0.0883. The van der Waals surface area contributed by atoms with Crippen molar-refractivity contribution in [3.8, 4) is 24.7 Å². The van der Waals surface area contributed by atoms with Gasteiger partial charge < -0.3 is 5.11 Å². The van der Waals surface area contributed by atoms with Gasteiger partial charge in [-0.05, 0) is 48.2 Å². The van der Waals surface area contributed by atoms with Crippen LogP contribution in [-0.4, -0.2) is 11.1 Å². The number of carboxylic acids is 1. The highest BCUT2D eigenvalue weighted by atomic mass is 16.4. The molecule has 0 fully saturated rings. The minimum Gasteiger partial charge on any atom is -0.481 e. The van der Waals surface area contributed by atoms with Gasteiger partial charge in [-0.15, -0.1) is 12.8 Å². The number of hydrogen-bond acceptors (Lipinski definition) is 1. The topological polar surface area (TPSA) is 37.3 Å². The Balaban J connectivity index is 2.18. The maximum Gasteiger partial charge on any atom is 0.303 e. The van der Waals surface area contributed by atoms with Gasteiger partial charge in [0.2, 0.25) is 0 Å². The lowest BCUT2D eigenvalue weighted by atomic mass is 10.0. The zero-order chi connectivity index (χ0) is 18.8. The summed E-state index contributed by atoms with van der Waals surface area (Å²) in [5.74, 6) is 4.42. The molecule has 26 heavy (non-hydrogen) atoms. The van der Waals surface area contributed by atoms with Gasteiger partial charge in [0.25, 0.3) is 0 Å². The molecule has 128 valence electrons. The molecule has 2 aromatic rings. The Hall–Kier alpha value is -3.49. The maximum atomic E-state index is 10.9. The van der Waals surface area contributed by atoms with Crippen LogP contribution in [0.5, 0.6) is 0 Å². The number of rotatable bonds is 7. The molecule has 0 saturated heterocycles. The van der Waals surface area contributed by atoms with E-state index in [4.69, 9.17) is 18.0 Å². The van der Waals surface area contributed by atoms with Gasteiger partial charge in [-0.3, -0.25) is 4.79 Å². The average Bonchev–Trinajstić information content (AvgIpc) is 2.67. The Bertz CT molecular complexity index is 918. The number of benzene rings is 2. The third-order valence-electron chi connectivity index (χ3n) is 3.86. The van der Waals surface area contributed by atoms with Crippen molar-refractivity contribution in [1.29, 1.82) is 0 Å². The van der Waals surface area contributed by atoms with E-state index in [0.29, 0.717) is 12.8 Å². The van der Waals surface area contributed by atoms with Crippen LogP contribution in [0.25, 0.3) is 6.08 Å². The summed E-state index contributed by atoms with van der Waals surface area (Å²) in [6.07, 6.45) is 18.1. The van der Waals surface area contributed by atoms with E-state index in [1.165, 1.54) is 0 Å². The van der Waals surface area contributed by atoms with E-state index in [9.17, 15) is 4.79 Å². The molecule has 2 aromatic carbocycles. The van der Waals surface area contributed by atoms with E-state index >= 15 is 0 Å². The molecule has 1 N–H and O–H groups in total. The molecule has 0 aliphatic heterocycles. The highest BCUT2D eigenvalue weighted by Crippen LogP contribution is 2.14. The fourth-order valence-corrected chi connectivity index (χ4v) is 2.48. The summed E-state index contributed by atoms with van der Waals surface area (Å²) >= 11 is 0. The summed E-state index contributed by atoms with van der Waals surface area (Å²) in [6.45, 7) is 0. The first kappa shape index (κ1) is 18.8. The molecule has 0 radical (unpaired) electrons. The third kappa shape index (κ3) is 6.19. The van der Waals surface area contributed by atoms with E-state index in [1.54, 1.807) is 0 Å². The smallest absolute Gasteiger partial charge is 0.303 e. The van der Waals surface area contributed by atoms with Crippen LogP contribution in [0.15, 0.2) is 66.3 Å². The monoisotopic (exact) mass is 340 g/mol. The van der Waals surface area contributed by atoms with Crippen molar-refractivity contribution >= 4 is 12.0 Å². The molecule has 2 rings (SSSR count). The Morgan fingerprint density at radius 3 is 2.38 bits per heavy atom. The number of carbonyl (C=O) groups is 1.